The lowest BCUT2D eigenvalue weighted by atomic mass is 10.1. The van der Waals surface area contributed by atoms with Crippen molar-refractivity contribution in [2.45, 2.75) is 32.9 Å². The molecule has 0 bridgehead atoms. The first-order valence-corrected chi connectivity index (χ1v) is 6.48. The quantitative estimate of drug-likeness (QED) is 0.661. The zero-order chi connectivity index (χ0) is 14.6. The Morgan fingerprint density at radius 3 is 2.65 bits per heavy atom. The standard InChI is InChI=1S/C14H20N6/c1-14(2,3)20-12(17-10-18-20)9-16-13(15)19-11-7-5-4-6-8-11/h4-8,10H,9H2,1-3H3,(H3,15,16,19). The molecule has 1 aromatic heterocycles. The number of nitrogens with one attached hydrogen (secondary N) is 1. The van der Waals surface area contributed by atoms with Crippen LogP contribution in [0.1, 0.15) is 26.6 Å². The van der Waals surface area contributed by atoms with E-state index in [2.05, 4.69) is 41.2 Å². The van der Waals surface area contributed by atoms with Gasteiger partial charge in [0.15, 0.2) is 5.96 Å². The van der Waals surface area contributed by atoms with Crippen LogP contribution in [0.5, 0.6) is 0 Å². The van der Waals surface area contributed by atoms with Crippen molar-refractivity contribution >= 4 is 11.6 Å². The summed E-state index contributed by atoms with van der Waals surface area (Å²) in [6, 6.07) is 9.68. The molecule has 0 spiro atoms. The number of benzene rings is 1. The first-order valence-electron chi connectivity index (χ1n) is 6.48. The maximum Gasteiger partial charge on any atom is 0.193 e. The van der Waals surface area contributed by atoms with E-state index in [-0.39, 0.29) is 5.54 Å². The molecule has 3 N–H and O–H groups in total. The Bertz CT molecular complexity index is 579. The zero-order valence-electron chi connectivity index (χ0n) is 12.0. The van der Waals surface area contributed by atoms with E-state index < -0.39 is 0 Å². The highest BCUT2D eigenvalue weighted by molar-refractivity contribution is 5.92. The van der Waals surface area contributed by atoms with E-state index in [9.17, 15) is 0 Å². The lowest BCUT2D eigenvalue weighted by Crippen LogP contribution is -2.26. The maximum absolute atomic E-state index is 5.86. The third-order valence-electron chi connectivity index (χ3n) is 2.69. The van der Waals surface area contributed by atoms with Gasteiger partial charge in [0.1, 0.15) is 18.7 Å². The molecule has 2 rings (SSSR count). The number of rotatable bonds is 3. The van der Waals surface area contributed by atoms with Crippen LogP contribution >= 0.6 is 0 Å². The second-order valence-electron chi connectivity index (χ2n) is 5.45. The maximum atomic E-state index is 5.86. The number of anilines is 1. The minimum absolute atomic E-state index is 0.122. The third-order valence-corrected chi connectivity index (χ3v) is 2.69. The van der Waals surface area contributed by atoms with Crippen molar-refractivity contribution in [1.82, 2.24) is 14.8 Å². The van der Waals surface area contributed by atoms with Gasteiger partial charge in [-0.2, -0.15) is 5.10 Å². The molecule has 1 aromatic carbocycles. The fraction of sp³-hybridized carbons (Fsp3) is 0.357. The number of hydrogen-bond donors (Lipinski definition) is 2. The van der Waals surface area contributed by atoms with Crippen LogP contribution in [-0.2, 0) is 12.1 Å². The van der Waals surface area contributed by atoms with E-state index in [0.29, 0.717) is 12.5 Å². The molecule has 0 aliphatic carbocycles. The lowest BCUT2D eigenvalue weighted by Gasteiger charge is -2.20. The highest BCUT2D eigenvalue weighted by atomic mass is 15.4. The van der Waals surface area contributed by atoms with Gasteiger partial charge in [-0.05, 0) is 32.9 Å². The van der Waals surface area contributed by atoms with Crippen molar-refractivity contribution in [3.05, 3.63) is 42.5 Å². The van der Waals surface area contributed by atoms with Crippen molar-refractivity contribution in [2.75, 3.05) is 5.32 Å². The molecule has 106 valence electrons. The van der Waals surface area contributed by atoms with Gasteiger partial charge in [-0.15, -0.1) is 0 Å². The van der Waals surface area contributed by atoms with Gasteiger partial charge in [-0.1, -0.05) is 18.2 Å². The Morgan fingerprint density at radius 1 is 1.30 bits per heavy atom. The number of para-hydroxylation sites is 1. The highest BCUT2D eigenvalue weighted by Crippen LogP contribution is 2.14. The van der Waals surface area contributed by atoms with Crippen molar-refractivity contribution < 1.29 is 0 Å². The minimum atomic E-state index is -0.122. The van der Waals surface area contributed by atoms with E-state index in [1.807, 2.05) is 35.0 Å². The van der Waals surface area contributed by atoms with Crippen LogP contribution in [0.4, 0.5) is 5.69 Å². The molecule has 20 heavy (non-hydrogen) atoms. The van der Waals surface area contributed by atoms with E-state index >= 15 is 0 Å². The molecule has 6 heteroatoms. The molecular formula is C14H20N6. The van der Waals surface area contributed by atoms with Crippen molar-refractivity contribution in [3.8, 4) is 0 Å². The first-order chi connectivity index (χ1) is 9.47. The second-order valence-corrected chi connectivity index (χ2v) is 5.45. The number of hydrogen-bond acceptors (Lipinski definition) is 3. The lowest BCUT2D eigenvalue weighted by molar-refractivity contribution is 0.342. The van der Waals surface area contributed by atoms with E-state index in [0.717, 1.165) is 11.5 Å². The first kappa shape index (κ1) is 14.0. The molecule has 6 nitrogen and oxygen atoms in total. The molecule has 0 unspecified atom stereocenters. The van der Waals surface area contributed by atoms with Crippen LogP contribution in [0.25, 0.3) is 0 Å². The summed E-state index contributed by atoms with van der Waals surface area (Å²) in [6.45, 7) is 6.60. The SMILES string of the molecule is CC(C)(C)n1ncnc1CN=C(N)Nc1ccccc1. The molecule has 0 fully saturated rings. The Morgan fingerprint density at radius 2 is 2.00 bits per heavy atom. The third kappa shape index (κ3) is 3.57. The summed E-state index contributed by atoms with van der Waals surface area (Å²) < 4.78 is 1.85. The monoisotopic (exact) mass is 272 g/mol. The number of aliphatic imine (C=N–C) groups is 1. The smallest absolute Gasteiger partial charge is 0.193 e. The summed E-state index contributed by atoms with van der Waals surface area (Å²) in [4.78, 5) is 8.52. The average molecular weight is 272 g/mol. The van der Waals surface area contributed by atoms with Gasteiger partial charge in [0.05, 0.1) is 5.54 Å². The molecule has 0 radical (unpaired) electrons. The van der Waals surface area contributed by atoms with Crippen molar-refractivity contribution in [3.63, 3.8) is 0 Å². The Balaban J connectivity index is 2.04. The van der Waals surface area contributed by atoms with Gasteiger partial charge in [0.25, 0.3) is 0 Å². The van der Waals surface area contributed by atoms with Crippen LogP contribution in [-0.4, -0.2) is 20.7 Å². The average Bonchev–Trinajstić information content (AvgIpc) is 2.86. The molecule has 0 atom stereocenters. The van der Waals surface area contributed by atoms with Crippen LogP contribution in [0, 0.1) is 0 Å². The molecule has 1 heterocycles. The second kappa shape index (κ2) is 5.73. The summed E-state index contributed by atoms with van der Waals surface area (Å²) in [5.74, 6) is 1.15. The zero-order valence-corrected chi connectivity index (χ0v) is 12.0. The predicted octanol–water partition coefficient (Wildman–Crippen LogP) is 1.96. The molecule has 0 aliphatic heterocycles. The van der Waals surface area contributed by atoms with Gasteiger partial charge < -0.3 is 11.1 Å². The predicted molar refractivity (Wildman–Crippen MR) is 80.4 cm³/mol. The minimum Gasteiger partial charge on any atom is -0.370 e. The summed E-state index contributed by atoms with van der Waals surface area (Å²) in [6.07, 6.45) is 1.54. The van der Waals surface area contributed by atoms with Crippen LogP contribution in [0.15, 0.2) is 41.7 Å². The molecule has 0 saturated carbocycles. The summed E-state index contributed by atoms with van der Waals surface area (Å²) in [5, 5.41) is 7.26. The summed E-state index contributed by atoms with van der Waals surface area (Å²) in [7, 11) is 0. The van der Waals surface area contributed by atoms with Gasteiger partial charge in [0, 0.05) is 5.69 Å². The van der Waals surface area contributed by atoms with Gasteiger partial charge in [-0.25, -0.2) is 14.7 Å². The Hall–Kier alpha value is -2.37. The topological polar surface area (TPSA) is 81.1 Å². The fourth-order valence-electron chi connectivity index (χ4n) is 1.80. The molecular weight excluding hydrogens is 252 g/mol. The Labute approximate surface area is 118 Å². The van der Waals surface area contributed by atoms with E-state index in [4.69, 9.17) is 5.73 Å². The molecule has 0 aliphatic rings. The molecule has 0 amide bonds. The number of nitrogens with two attached hydrogens (primary N) is 1. The normalized spacial score (nSPS) is 12.4. The molecule has 2 aromatic rings. The summed E-state index contributed by atoms with van der Waals surface area (Å²) >= 11 is 0. The Kier molecular flexibility index (Phi) is 4.02. The number of nitrogens with zero attached hydrogens (tertiary/aromatic N) is 4. The van der Waals surface area contributed by atoms with Gasteiger partial charge in [0.2, 0.25) is 0 Å². The fourth-order valence-corrected chi connectivity index (χ4v) is 1.80. The van der Waals surface area contributed by atoms with Crippen LogP contribution in [0.2, 0.25) is 0 Å². The number of guanidine groups is 1. The number of aromatic nitrogens is 3. The van der Waals surface area contributed by atoms with Gasteiger partial charge >= 0.3 is 0 Å². The van der Waals surface area contributed by atoms with Crippen LogP contribution < -0.4 is 11.1 Å². The van der Waals surface area contributed by atoms with E-state index in [1.165, 1.54) is 6.33 Å². The highest BCUT2D eigenvalue weighted by Gasteiger charge is 2.17. The van der Waals surface area contributed by atoms with Crippen molar-refractivity contribution in [2.24, 2.45) is 10.7 Å². The van der Waals surface area contributed by atoms with Gasteiger partial charge in [-0.3, -0.25) is 0 Å². The van der Waals surface area contributed by atoms with E-state index in [1.54, 1.807) is 0 Å². The largest absolute Gasteiger partial charge is 0.370 e. The molecule has 0 saturated heterocycles. The summed E-state index contributed by atoms with van der Waals surface area (Å²) in [5.41, 5.74) is 6.65. The van der Waals surface area contributed by atoms with Crippen LogP contribution in [0.3, 0.4) is 0 Å². The van der Waals surface area contributed by atoms with Crippen molar-refractivity contribution in [1.29, 1.82) is 0 Å².